The lowest BCUT2D eigenvalue weighted by molar-refractivity contribution is 0.0983. The van der Waals surface area contributed by atoms with Gasteiger partial charge in [0.25, 0.3) is 5.91 Å². The van der Waals surface area contributed by atoms with Crippen molar-refractivity contribution in [2.75, 3.05) is 17.2 Å². The molecule has 7 heteroatoms. The number of anilines is 1. The molecule has 1 amide bonds. The molecule has 1 fully saturated rings. The molecule has 2 aliphatic rings. The van der Waals surface area contributed by atoms with Crippen LogP contribution in [-0.2, 0) is 0 Å². The molecule has 2 aromatic heterocycles. The van der Waals surface area contributed by atoms with Crippen LogP contribution in [0.3, 0.4) is 0 Å². The summed E-state index contributed by atoms with van der Waals surface area (Å²) in [6.45, 7) is 0.699. The summed E-state index contributed by atoms with van der Waals surface area (Å²) in [6.07, 6.45) is 4.19. The van der Waals surface area contributed by atoms with Crippen LogP contribution in [0.25, 0.3) is 0 Å². The number of carbonyl (C=O) groups is 1. The molecule has 4 rings (SSSR count). The summed E-state index contributed by atoms with van der Waals surface area (Å²) in [6, 6.07) is 1.96. The minimum atomic E-state index is -0.0143. The van der Waals surface area contributed by atoms with Crippen molar-refractivity contribution in [2.24, 2.45) is 0 Å². The van der Waals surface area contributed by atoms with Crippen LogP contribution in [0.1, 0.15) is 34.3 Å². The number of halogens is 1. The number of hydrogen-bond donors (Lipinski definition) is 0. The third kappa shape index (κ3) is 2.62. The van der Waals surface area contributed by atoms with Crippen LogP contribution in [0.15, 0.2) is 27.1 Å². The van der Waals surface area contributed by atoms with Gasteiger partial charge in [0.1, 0.15) is 10.7 Å². The Morgan fingerprint density at radius 1 is 1.43 bits per heavy atom. The van der Waals surface area contributed by atoms with Crippen molar-refractivity contribution < 1.29 is 4.79 Å². The number of fused-ring (bicyclic) bond motifs is 1. The van der Waals surface area contributed by atoms with Gasteiger partial charge in [-0.15, -0.1) is 23.1 Å². The van der Waals surface area contributed by atoms with E-state index in [4.69, 9.17) is 0 Å². The highest BCUT2D eigenvalue weighted by molar-refractivity contribution is 9.10. The second-order valence-electron chi connectivity index (χ2n) is 5.13. The average Bonchev–Trinajstić information content (AvgIpc) is 3.23. The van der Waals surface area contributed by atoms with E-state index in [0.29, 0.717) is 18.2 Å². The van der Waals surface area contributed by atoms with Gasteiger partial charge in [0.05, 0.1) is 10.7 Å². The summed E-state index contributed by atoms with van der Waals surface area (Å²) in [4.78, 5) is 23.5. The fourth-order valence-corrected chi connectivity index (χ4v) is 4.52. The van der Waals surface area contributed by atoms with Crippen LogP contribution in [0.2, 0.25) is 0 Å². The molecule has 0 unspecified atom stereocenters. The Labute approximate surface area is 139 Å². The summed E-state index contributed by atoms with van der Waals surface area (Å²) in [5, 5.41) is 3.91. The van der Waals surface area contributed by atoms with Gasteiger partial charge in [-0.3, -0.25) is 4.79 Å². The molecule has 0 N–H and O–H groups in total. The summed E-state index contributed by atoms with van der Waals surface area (Å²) in [7, 11) is 0. The van der Waals surface area contributed by atoms with Crippen LogP contribution in [0, 0.1) is 0 Å². The highest BCUT2D eigenvalue weighted by Crippen LogP contribution is 2.42. The molecule has 0 radical (unpaired) electrons. The van der Waals surface area contributed by atoms with E-state index >= 15 is 0 Å². The van der Waals surface area contributed by atoms with E-state index in [2.05, 4.69) is 25.9 Å². The molecule has 1 aliphatic heterocycles. The number of nitrogens with zero attached hydrogens (tertiary/aromatic N) is 3. The first-order chi connectivity index (χ1) is 10.2. The van der Waals surface area contributed by atoms with Crippen molar-refractivity contribution in [3.8, 4) is 0 Å². The van der Waals surface area contributed by atoms with Crippen LogP contribution >= 0.6 is 39.0 Å². The predicted molar refractivity (Wildman–Crippen MR) is 88.4 cm³/mol. The van der Waals surface area contributed by atoms with Gasteiger partial charge in [-0.05, 0) is 34.8 Å². The molecular weight excluding hydrogens is 370 g/mol. The van der Waals surface area contributed by atoms with Crippen LogP contribution in [0.5, 0.6) is 0 Å². The maximum absolute atomic E-state index is 12.7. The molecule has 3 heterocycles. The van der Waals surface area contributed by atoms with Gasteiger partial charge in [0, 0.05) is 34.3 Å². The largest absolute Gasteiger partial charge is 0.303 e. The number of thiazole rings is 1. The van der Waals surface area contributed by atoms with E-state index < -0.39 is 0 Å². The SMILES string of the molecule is O=C(c1csc(C2CC2)n1)N1CCSc2ncc(Br)cc21. The Balaban J connectivity index is 1.66. The number of thioether (sulfide) groups is 1. The summed E-state index contributed by atoms with van der Waals surface area (Å²) >= 11 is 6.73. The van der Waals surface area contributed by atoms with Crippen LogP contribution in [-0.4, -0.2) is 28.2 Å². The third-order valence-electron chi connectivity index (χ3n) is 3.56. The van der Waals surface area contributed by atoms with Crippen molar-refractivity contribution in [3.05, 3.63) is 32.8 Å². The zero-order valence-electron chi connectivity index (χ0n) is 11.1. The third-order valence-corrected chi connectivity index (χ3v) is 5.97. The first kappa shape index (κ1) is 13.7. The standard InChI is InChI=1S/C14H12BrN3OS2/c15-9-5-11-13(16-6-9)20-4-3-18(11)14(19)10-7-21-12(17-10)8-1-2-8/h5-8H,1-4H2. The van der Waals surface area contributed by atoms with E-state index in [0.717, 1.165) is 25.9 Å². The number of amides is 1. The Kier molecular flexibility index (Phi) is 3.51. The summed E-state index contributed by atoms with van der Waals surface area (Å²) in [5.41, 5.74) is 1.45. The highest BCUT2D eigenvalue weighted by atomic mass is 79.9. The topological polar surface area (TPSA) is 46.1 Å². The van der Waals surface area contributed by atoms with E-state index in [1.54, 1.807) is 34.2 Å². The minimum Gasteiger partial charge on any atom is -0.303 e. The Morgan fingerprint density at radius 2 is 2.29 bits per heavy atom. The Hall–Kier alpha value is -0.920. The number of rotatable bonds is 2. The van der Waals surface area contributed by atoms with E-state index in [1.165, 1.54) is 12.8 Å². The Morgan fingerprint density at radius 3 is 3.10 bits per heavy atom. The predicted octanol–water partition coefficient (Wildman–Crippen LogP) is 3.93. The van der Waals surface area contributed by atoms with Crippen molar-refractivity contribution in [2.45, 2.75) is 23.8 Å². The first-order valence-corrected chi connectivity index (χ1v) is 9.44. The van der Waals surface area contributed by atoms with Crippen molar-refractivity contribution in [1.82, 2.24) is 9.97 Å². The van der Waals surface area contributed by atoms with E-state index in [1.807, 2.05) is 11.4 Å². The zero-order chi connectivity index (χ0) is 14.4. The smallest absolute Gasteiger partial charge is 0.277 e. The van der Waals surface area contributed by atoms with Crippen molar-refractivity contribution in [1.29, 1.82) is 0 Å². The van der Waals surface area contributed by atoms with Gasteiger partial charge in [0.15, 0.2) is 0 Å². The number of hydrogen-bond acceptors (Lipinski definition) is 5. The first-order valence-electron chi connectivity index (χ1n) is 6.78. The quantitative estimate of drug-likeness (QED) is 0.790. The molecule has 4 nitrogen and oxygen atoms in total. The van der Waals surface area contributed by atoms with Crippen molar-refractivity contribution in [3.63, 3.8) is 0 Å². The normalized spacial score (nSPS) is 17.7. The van der Waals surface area contributed by atoms with Gasteiger partial charge >= 0.3 is 0 Å². The lowest BCUT2D eigenvalue weighted by atomic mass is 10.3. The van der Waals surface area contributed by atoms with Crippen LogP contribution < -0.4 is 4.90 Å². The van der Waals surface area contributed by atoms with Gasteiger partial charge in [-0.1, -0.05) is 0 Å². The summed E-state index contributed by atoms with van der Waals surface area (Å²) in [5.74, 6) is 1.45. The van der Waals surface area contributed by atoms with Gasteiger partial charge in [0.2, 0.25) is 0 Å². The zero-order valence-corrected chi connectivity index (χ0v) is 14.3. The van der Waals surface area contributed by atoms with Gasteiger partial charge in [-0.2, -0.15) is 0 Å². The molecule has 0 saturated heterocycles. The molecule has 21 heavy (non-hydrogen) atoms. The minimum absolute atomic E-state index is 0.0143. The fourth-order valence-electron chi connectivity index (χ4n) is 2.33. The summed E-state index contributed by atoms with van der Waals surface area (Å²) < 4.78 is 0.887. The molecule has 108 valence electrons. The molecule has 1 aliphatic carbocycles. The lowest BCUT2D eigenvalue weighted by Gasteiger charge is -2.27. The second kappa shape index (κ2) is 5.37. The van der Waals surface area contributed by atoms with Gasteiger partial charge < -0.3 is 4.90 Å². The average molecular weight is 382 g/mol. The fraction of sp³-hybridized carbons (Fsp3) is 0.357. The maximum atomic E-state index is 12.7. The molecule has 2 aromatic rings. The molecule has 0 spiro atoms. The Bertz CT molecular complexity index is 714. The number of carbonyl (C=O) groups excluding carboxylic acids is 1. The number of aromatic nitrogens is 2. The highest BCUT2D eigenvalue weighted by Gasteiger charge is 2.30. The monoisotopic (exact) mass is 381 g/mol. The second-order valence-corrected chi connectivity index (χ2v) is 8.02. The molecule has 0 atom stereocenters. The maximum Gasteiger partial charge on any atom is 0.277 e. The number of pyridine rings is 1. The van der Waals surface area contributed by atoms with E-state index in [9.17, 15) is 4.79 Å². The molecule has 0 bridgehead atoms. The van der Waals surface area contributed by atoms with Crippen molar-refractivity contribution >= 4 is 50.6 Å². The molecule has 1 saturated carbocycles. The molecular formula is C14H12BrN3OS2. The van der Waals surface area contributed by atoms with Crippen LogP contribution in [0.4, 0.5) is 5.69 Å². The lowest BCUT2D eigenvalue weighted by Crippen LogP contribution is -2.36. The van der Waals surface area contributed by atoms with Gasteiger partial charge in [-0.25, -0.2) is 9.97 Å². The van der Waals surface area contributed by atoms with E-state index in [-0.39, 0.29) is 5.91 Å². The molecule has 0 aromatic carbocycles.